The van der Waals surface area contributed by atoms with Crippen molar-refractivity contribution in [3.63, 3.8) is 0 Å². The average molecular weight is 341 g/mol. The van der Waals surface area contributed by atoms with Crippen molar-refractivity contribution < 1.29 is 8.42 Å². The van der Waals surface area contributed by atoms with E-state index in [1.165, 1.54) is 11.1 Å². The van der Waals surface area contributed by atoms with E-state index in [4.69, 9.17) is 0 Å². The molecule has 1 atom stereocenters. The van der Waals surface area contributed by atoms with Gasteiger partial charge in [0, 0.05) is 37.3 Å². The van der Waals surface area contributed by atoms with E-state index in [0.29, 0.717) is 6.54 Å². The minimum absolute atomic E-state index is 0.00158. The summed E-state index contributed by atoms with van der Waals surface area (Å²) < 4.78 is 27.2. The van der Waals surface area contributed by atoms with E-state index in [1.807, 2.05) is 23.2 Å². The Morgan fingerprint density at radius 1 is 1.50 bits per heavy atom. The minimum Gasteiger partial charge on any atom is -0.290 e. The summed E-state index contributed by atoms with van der Waals surface area (Å²) in [6, 6.07) is 1.99. The molecule has 2 aromatic heterocycles. The smallest absolute Gasteiger partial charge is 0.208 e. The molecule has 9 heteroatoms. The lowest BCUT2D eigenvalue weighted by molar-refractivity contribution is 0.169. The quantitative estimate of drug-likeness (QED) is 0.868. The van der Waals surface area contributed by atoms with Crippen LogP contribution >= 0.6 is 11.3 Å². The molecule has 22 heavy (non-hydrogen) atoms. The third kappa shape index (κ3) is 3.54. The molecule has 0 spiro atoms. The summed E-state index contributed by atoms with van der Waals surface area (Å²) in [5, 5.41) is 4.33. The Bertz CT molecular complexity index is 752. The van der Waals surface area contributed by atoms with Crippen LogP contribution in [0.3, 0.4) is 0 Å². The first-order valence-corrected chi connectivity index (χ1v) is 9.78. The van der Waals surface area contributed by atoms with Gasteiger partial charge in [0.15, 0.2) is 0 Å². The van der Waals surface area contributed by atoms with Gasteiger partial charge in [0.2, 0.25) is 10.0 Å². The van der Waals surface area contributed by atoms with Gasteiger partial charge in [0.05, 0.1) is 29.2 Å². The molecule has 0 saturated carbocycles. The van der Waals surface area contributed by atoms with Crippen LogP contribution in [0.5, 0.6) is 0 Å². The molecule has 7 nitrogen and oxygen atoms in total. The number of aromatic nitrogens is 3. The molecule has 0 saturated heterocycles. The van der Waals surface area contributed by atoms with Gasteiger partial charge in [0.25, 0.3) is 0 Å². The first kappa shape index (κ1) is 15.6. The lowest BCUT2D eigenvalue weighted by Crippen LogP contribution is -2.42. The van der Waals surface area contributed by atoms with Gasteiger partial charge in [-0.25, -0.2) is 18.1 Å². The van der Waals surface area contributed by atoms with Crippen molar-refractivity contribution >= 4 is 21.4 Å². The van der Waals surface area contributed by atoms with Crippen molar-refractivity contribution in [3.8, 4) is 0 Å². The zero-order valence-electron chi connectivity index (χ0n) is 12.6. The highest BCUT2D eigenvalue weighted by Crippen LogP contribution is 2.23. The number of sulfonamides is 1. The number of fused-ring (bicyclic) bond motifs is 1. The van der Waals surface area contributed by atoms with E-state index in [2.05, 4.69) is 19.7 Å². The predicted octanol–water partition coefficient (Wildman–Crippen LogP) is 0.754. The zero-order valence-corrected chi connectivity index (χ0v) is 14.2. The number of aryl methyl sites for hydroxylation is 1. The third-order valence-electron chi connectivity index (χ3n) is 3.75. The largest absolute Gasteiger partial charge is 0.290 e. The Morgan fingerprint density at radius 3 is 3.00 bits per heavy atom. The second-order valence-electron chi connectivity index (χ2n) is 5.57. The molecule has 3 heterocycles. The van der Waals surface area contributed by atoms with Gasteiger partial charge in [0.1, 0.15) is 0 Å². The summed E-state index contributed by atoms with van der Waals surface area (Å²) in [6.07, 6.45) is 2.95. The molecule has 1 unspecified atom stereocenters. The molecule has 0 bridgehead atoms. The van der Waals surface area contributed by atoms with Crippen LogP contribution in [-0.2, 0) is 23.1 Å². The fourth-order valence-corrected chi connectivity index (χ4v) is 3.98. The molecule has 1 aliphatic heterocycles. The van der Waals surface area contributed by atoms with Gasteiger partial charge >= 0.3 is 0 Å². The van der Waals surface area contributed by atoms with Crippen LogP contribution in [0, 0.1) is 6.92 Å². The zero-order chi connectivity index (χ0) is 15.7. The average Bonchev–Trinajstić information content (AvgIpc) is 3.05. The van der Waals surface area contributed by atoms with Crippen molar-refractivity contribution in [3.05, 3.63) is 34.0 Å². The monoisotopic (exact) mass is 341 g/mol. The van der Waals surface area contributed by atoms with Gasteiger partial charge in [-0.05, 0) is 13.0 Å². The minimum atomic E-state index is -3.20. The summed E-state index contributed by atoms with van der Waals surface area (Å²) in [5.41, 5.74) is 4.03. The van der Waals surface area contributed by atoms with Gasteiger partial charge in [-0.15, -0.1) is 11.3 Å². The maximum atomic E-state index is 11.3. The fourth-order valence-electron chi connectivity index (χ4n) is 2.66. The topological polar surface area (TPSA) is 80.1 Å². The molecule has 0 aliphatic carbocycles. The molecule has 1 aliphatic rings. The van der Waals surface area contributed by atoms with Crippen molar-refractivity contribution in [2.45, 2.75) is 26.1 Å². The normalized spacial score (nSPS) is 19.3. The van der Waals surface area contributed by atoms with Crippen LogP contribution in [-0.4, -0.2) is 47.4 Å². The molecule has 0 amide bonds. The molecular formula is C13H19N5O2S2. The molecule has 0 aromatic carbocycles. The first-order valence-electron chi connectivity index (χ1n) is 7.01. The molecule has 3 rings (SSSR count). The maximum absolute atomic E-state index is 11.3. The van der Waals surface area contributed by atoms with Crippen molar-refractivity contribution in [2.75, 3.05) is 19.3 Å². The Morgan fingerprint density at radius 2 is 2.32 bits per heavy atom. The number of nitrogens with one attached hydrogen (secondary N) is 1. The number of rotatable bonds is 5. The van der Waals surface area contributed by atoms with E-state index in [9.17, 15) is 8.42 Å². The van der Waals surface area contributed by atoms with Gasteiger partial charge in [-0.3, -0.25) is 9.58 Å². The molecule has 120 valence electrons. The molecule has 0 fully saturated rings. The van der Waals surface area contributed by atoms with E-state index in [-0.39, 0.29) is 6.04 Å². The van der Waals surface area contributed by atoms with E-state index >= 15 is 0 Å². The van der Waals surface area contributed by atoms with E-state index in [0.717, 1.165) is 31.0 Å². The van der Waals surface area contributed by atoms with Crippen molar-refractivity contribution in [1.82, 2.24) is 24.4 Å². The lowest BCUT2D eigenvalue weighted by atomic mass is 10.2. The highest BCUT2D eigenvalue weighted by Gasteiger charge is 2.26. The Kier molecular flexibility index (Phi) is 4.31. The number of hydrogen-bond donors (Lipinski definition) is 1. The number of hydrogen-bond acceptors (Lipinski definition) is 6. The second kappa shape index (κ2) is 6.07. The fraction of sp³-hybridized carbons (Fsp3) is 0.538. The second-order valence-corrected chi connectivity index (χ2v) is 8.34. The SMILES string of the molecule is Cc1ncsc1CN1Cc2ccnn2C(CNS(C)(=O)=O)C1. The summed E-state index contributed by atoms with van der Waals surface area (Å²) in [7, 11) is -3.20. The first-order chi connectivity index (χ1) is 10.4. The van der Waals surface area contributed by atoms with Crippen LogP contribution in [0.1, 0.15) is 22.3 Å². The van der Waals surface area contributed by atoms with Crippen molar-refractivity contribution in [1.29, 1.82) is 0 Å². The number of thiazole rings is 1. The van der Waals surface area contributed by atoms with Crippen molar-refractivity contribution in [2.24, 2.45) is 0 Å². The molecule has 1 N–H and O–H groups in total. The maximum Gasteiger partial charge on any atom is 0.208 e. The summed E-state index contributed by atoms with van der Waals surface area (Å²) >= 11 is 1.66. The van der Waals surface area contributed by atoms with Crippen LogP contribution in [0.4, 0.5) is 0 Å². The van der Waals surface area contributed by atoms with Gasteiger partial charge in [-0.1, -0.05) is 0 Å². The number of nitrogens with zero attached hydrogens (tertiary/aromatic N) is 4. The van der Waals surface area contributed by atoms with Crippen LogP contribution < -0.4 is 4.72 Å². The summed E-state index contributed by atoms with van der Waals surface area (Å²) in [6.45, 7) is 4.77. The van der Waals surface area contributed by atoms with Gasteiger partial charge < -0.3 is 0 Å². The van der Waals surface area contributed by atoms with Crippen LogP contribution in [0.2, 0.25) is 0 Å². The lowest BCUT2D eigenvalue weighted by Gasteiger charge is -2.33. The van der Waals surface area contributed by atoms with Crippen LogP contribution in [0.25, 0.3) is 0 Å². The molecule has 0 radical (unpaired) electrons. The molecular weight excluding hydrogens is 322 g/mol. The standard InChI is InChI=1S/C13H19N5O2S2/c1-10-13(21-9-14-10)8-17-6-11-3-4-15-18(11)12(7-17)5-16-22(2,19)20/h3-4,9,12,16H,5-8H2,1-2H3. The highest BCUT2D eigenvalue weighted by atomic mass is 32.2. The van der Waals surface area contributed by atoms with Gasteiger partial charge in [-0.2, -0.15) is 5.10 Å². The predicted molar refractivity (Wildman–Crippen MR) is 85.1 cm³/mol. The highest BCUT2D eigenvalue weighted by molar-refractivity contribution is 7.88. The van der Waals surface area contributed by atoms with E-state index in [1.54, 1.807) is 17.5 Å². The molecule has 2 aromatic rings. The summed E-state index contributed by atoms with van der Waals surface area (Å²) in [5.74, 6) is 0. The summed E-state index contributed by atoms with van der Waals surface area (Å²) in [4.78, 5) is 7.85. The third-order valence-corrected chi connectivity index (χ3v) is 5.36. The Balaban J connectivity index is 1.75. The Hall–Kier alpha value is -1.29. The van der Waals surface area contributed by atoms with Crippen LogP contribution in [0.15, 0.2) is 17.8 Å². The Labute approximate surface area is 134 Å². The van der Waals surface area contributed by atoms with E-state index < -0.39 is 10.0 Å².